The molecule has 2 saturated heterocycles. The molecule has 5 heterocycles. The highest BCUT2D eigenvalue weighted by atomic mass is 32.3. The molecule has 2 amide bonds. The van der Waals surface area contributed by atoms with E-state index in [1.165, 1.54) is 19.2 Å². The van der Waals surface area contributed by atoms with Crippen molar-refractivity contribution in [1.29, 1.82) is 0 Å². The molecule has 18 nitrogen and oxygen atoms in total. The fraction of sp³-hybridized carbons (Fsp3) is 0.417. The first-order valence-electron chi connectivity index (χ1n) is 13.0. The van der Waals surface area contributed by atoms with Gasteiger partial charge in [-0.25, -0.2) is 14.8 Å². The van der Waals surface area contributed by atoms with Crippen LogP contribution in [0.25, 0.3) is 5.65 Å². The van der Waals surface area contributed by atoms with Crippen LogP contribution in [0.5, 0.6) is 5.75 Å². The van der Waals surface area contributed by atoms with E-state index in [9.17, 15) is 27.9 Å². The molecule has 0 aromatic carbocycles. The number of rotatable bonds is 13. The highest BCUT2D eigenvalue weighted by Gasteiger charge is 2.58. The topological polar surface area (TPSA) is 249 Å². The number of amides is 2. The lowest BCUT2D eigenvalue weighted by molar-refractivity contribution is -0.218. The SMILES string of the molecule is CC1(C)C(NC(=O)/C(=N\OC(COc2ccc3nc(CC4CNC4)cn3c2)C(=O)O)c2csc(N)n2)C(=O)N1OS(=O)(=O)O. The minimum Gasteiger partial charge on any atom is -0.487 e. The van der Waals surface area contributed by atoms with E-state index >= 15 is 0 Å². The molecule has 236 valence electrons. The second kappa shape index (κ2) is 12.0. The summed E-state index contributed by atoms with van der Waals surface area (Å²) in [4.78, 5) is 51.4. The van der Waals surface area contributed by atoms with Crippen LogP contribution in [0.15, 0.2) is 35.1 Å². The number of anilines is 1. The van der Waals surface area contributed by atoms with Gasteiger partial charge in [0.1, 0.15) is 29.7 Å². The molecule has 0 bridgehead atoms. The summed E-state index contributed by atoms with van der Waals surface area (Å²) < 4.78 is 42.8. The third-order valence-electron chi connectivity index (χ3n) is 6.89. The Bertz CT molecular complexity index is 1730. The van der Waals surface area contributed by atoms with Gasteiger partial charge in [0.25, 0.3) is 17.9 Å². The molecule has 2 unspecified atom stereocenters. The van der Waals surface area contributed by atoms with E-state index in [2.05, 4.69) is 30.0 Å². The minimum absolute atomic E-state index is 0.0637. The first kappa shape index (κ1) is 31.1. The van der Waals surface area contributed by atoms with Crippen molar-refractivity contribution in [3.05, 3.63) is 41.3 Å². The van der Waals surface area contributed by atoms with Crippen molar-refractivity contribution in [3.63, 3.8) is 0 Å². The van der Waals surface area contributed by atoms with Gasteiger partial charge in [-0.15, -0.1) is 15.6 Å². The zero-order valence-electron chi connectivity index (χ0n) is 23.2. The largest absolute Gasteiger partial charge is 0.487 e. The van der Waals surface area contributed by atoms with Crippen LogP contribution >= 0.6 is 11.3 Å². The molecule has 44 heavy (non-hydrogen) atoms. The quantitative estimate of drug-likeness (QED) is 0.0658. The number of hydrogen-bond donors (Lipinski definition) is 5. The predicted octanol–water partition coefficient (Wildman–Crippen LogP) is -0.772. The van der Waals surface area contributed by atoms with Crippen molar-refractivity contribution in [3.8, 4) is 5.75 Å². The van der Waals surface area contributed by atoms with E-state index in [1.807, 2.05) is 6.20 Å². The molecule has 2 fully saturated rings. The summed E-state index contributed by atoms with van der Waals surface area (Å²) in [6.45, 7) is 4.13. The van der Waals surface area contributed by atoms with Gasteiger partial charge in [-0.3, -0.25) is 14.1 Å². The van der Waals surface area contributed by atoms with Crippen LogP contribution in [-0.2, 0) is 40.3 Å². The summed E-state index contributed by atoms with van der Waals surface area (Å²) in [5.41, 5.74) is 5.30. The summed E-state index contributed by atoms with van der Waals surface area (Å²) in [6, 6.07) is 2.04. The van der Waals surface area contributed by atoms with E-state index in [1.54, 1.807) is 22.7 Å². The number of carbonyl (C=O) groups is 3. The first-order valence-corrected chi connectivity index (χ1v) is 15.3. The number of nitrogen functional groups attached to an aromatic ring is 1. The van der Waals surface area contributed by atoms with E-state index in [0.29, 0.717) is 22.4 Å². The zero-order valence-corrected chi connectivity index (χ0v) is 24.9. The Hall–Kier alpha value is -4.37. The van der Waals surface area contributed by atoms with Crippen molar-refractivity contribution < 1.29 is 46.3 Å². The van der Waals surface area contributed by atoms with Crippen molar-refractivity contribution in [1.82, 2.24) is 30.1 Å². The number of imidazole rings is 1. The number of aliphatic carboxylic acids is 1. The number of carboxylic acid groups (broad SMARTS) is 1. The second-order valence-corrected chi connectivity index (χ2v) is 12.4. The second-order valence-electron chi connectivity index (χ2n) is 10.5. The average Bonchev–Trinajstić information content (AvgIpc) is 3.54. The van der Waals surface area contributed by atoms with Crippen molar-refractivity contribution in [2.45, 2.75) is 38.0 Å². The number of β-lactam (4-membered cyclic amide) rings is 1. The Balaban J connectivity index is 1.27. The molecule has 2 aliphatic rings. The standard InChI is InChI=1S/C24H28N8O10S2/c1-24(2)19(21(34)32(24)42-44(37,38)39)29-20(33)18(15-11-43-23(25)28-15)30-41-16(22(35)36)10-40-14-3-4-17-27-13(8-31(17)9-14)5-12-6-26-7-12/h3-4,8-9,11-12,16,19,26H,5-7,10H2,1-2H3,(H2,25,28)(H,29,33)(H,35,36)(H,37,38,39)/b30-18-. The van der Waals surface area contributed by atoms with Gasteiger partial charge in [-0.2, -0.15) is 13.5 Å². The number of nitrogens with two attached hydrogens (primary N) is 1. The Morgan fingerprint density at radius 1 is 1.30 bits per heavy atom. The van der Waals surface area contributed by atoms with Gasteiger partial charge < -0.3 is 35.4 Å². The fourth-order valence-corrected chi connectivity index (χ4v) is 5.45. The number of aromatic nitrogens is 3. The number of carboxylic acids is 1. The fourth-order valence-electron chi connectivity index (χ4n) is 4.45. The van der Waals surface area contributed by atoms with Gasteiger partial charge in [0.15, 0.2) is 10.8 Å². The molecule has 0 spiro atoms. The van der Waals surface area contributed by atoms with Crippen LogP contribution in [0.3, 0.4) is 0 Å². The molecule has 0 saturated carbocycles. The van der Waals surface area contributed by atoms with E-state index in [0.717, 1.165) is 36.5 Å². The van der Waals surface area contributed by atoms with Gasteiger partial charge in [-0.05, 0) is 51.4 Å². The summed E-state index contributed by atoms with van der Waals surface area (Å²) in [6.07, 6.45) is 2.69. The molecule has 5 rings (SSSR count). The van der Waals surface area contributed by atoms with E-state index < -0.39 is 58.2 Å². The summed E-state index contributed by atoms with van der Waals surface area (Å²) in [5, 5.41) is 20.8. The van der Waals surface area contributed by atoms with Gasteiger partial charge in [-0.1, -0.05) is 5.16 Å². The highest BCUT2D eigenvalue weighted by Crippen LogP contribution is 2.33. The third-order valence-corrected chi connectivity index (χ3v) is 7.90. The van der Waals surface area contributed by atoms with Gasteiger partial charge in [0.05, 0.1) is 17.4 Å². The molecule has 2 aliphatic heterocycles. The van der Waals surface area contributed by atoms with Crippen LogP contribution in [0.4, 0.5) is 5.13 Å². The van der Waals surface area contributed by atoms with Crippen LogP contribution in [0.1, 0.15) is 25.2 Å². The van der Waals surface area contributed by atoms with Crippen LogP contribution in [-0.4, -0.2) is 98.4 Å². The number of hydrogen-bond acceptors (Lipinski definition) is 14. The number of carbonyl (C=O) groups excluding carboxylic acids is 2. The lowest BCUT2D eigenvalue weighted by Gasteiger charge is -2.50. The van der Waals surface area contributed by atoms with Crippen LogP contribution < -0.4 is 21.1 Å². The third kappa shape index (κ3) is 6.73. The number of pyridine rings is 1. The van der Waals surface area contributed by atoms with E-state index in [-0.39, 0.29) is 10.8 Å². The number of nitrogens with zero attached hydrogens (tertiary/aromatic N) is 5. The molecule has 0 aliphatic carbocycles. The summed E-state index contributed by atoms with van der Waals surface area (Å²) in [5.74, 6) is -2.58. The summed E-state index contributed by atoms with van der Waals surface area (Å²) >= 11 is 0.963. The maximum atomic E-state index is 13.2. The summed E-state index contributed by atoms with van der Waals surface area (Å²) in [7, 11) is -5.01. The average molecular weight is 653 g/mol. The Kier molecular flexibility index (Phi) is 8.44. The number of hydroxylamine groups is 2. The Labute approximate surface area is 253 Å². The Morgan fingerprint density at radius 2 is 2.05 bits per heavy atom. The minimum atomic E-state index is -5.01. The van der Waals surface area contributed by atoms with Crippen LogP contribution in [0.2, 0.25) is 0 Å². The number of thiazole rings is 1. The van der Waals surface area contributed by atoms with Crippen LogP contribution in [0, 0.1) is 5.92 Å². The van der Waals surface area contributed by atoms with Crippen molar-refractivity contribution in [2.75, 3.05) is 25.4 Å². The lowest BCUT2D eigenvalue weighted by atomic mass is 9.84. The molecular weight excluding hydrogens is 624 g/mol. The molecule has 6 N–H and O–H groups in total. The van der Waals surface area contributed by atoms with E-state index in [4.69, 9.17) is 19.9 Å². The monoisotopic (exact) mass is 652 g/mol. The zero-order chi connectivity index (χ0) is 31.8. The van der Waals surface area contributed by atoms with Crippen molar-refractivity contribution >= 4 is 56.0 Å². The maximum absolute atomic E-state index is 13.2. The normalized spacial score (nSPS) is 19.2. The first-order chi connectivity index (χ1) is 20.7. The predicted molar refractivity (Wildman–Crippen MR) is 152 cm³/mol. The molecular formula is C24H28N8O10S2. The number of oxime groups is 1. The Morgan fingerprint density at radius 3 is 2.64 bits per heavy atom. The highest BCUT2D eigenvalue weighted by molar-refractivity contribution is 7.80. The smallest absolute Gasteiger partial charge is 0.418 e. The number of nitrogens with one attached hydrogen (secondary N) is 2. The number of ether oxygens (including phenoxy) is 1. The molecule has 3 aromatic heterocycles. The lowest BCUT2D eigenvalue weighted by Crippen LogP contribution is -2.76. The van der Waals surface area contributed by atoms with Gasteiger partial charge in [0, 0.05) is 11.6 Å². The van der Waals surface area contributed by atoms with Gasteiger partial charge in [0.2, 0.25) is 0 Å². The van der Waals surface area contributed by atoms with Gasteiger partial charge >= 0.3 is 16.4 Å². The maximum Gasteiger partial charge on any atom is 0.418 e. The molecule has 2 atom stereocenters. The number of fused-ring (bicyclic) bond motifs is 1. The molecule has 20 heteroatoms. The molecule has 0 radical (unpaired) electrons. The molecule has 3 aromatic rings. The van der Waals surface area contributed by atoms with Crippen molar-refractivity contribution in [2.24, 2.45) is 11.1 Å².